The molecule has 1 N–H and O–H groups in total. The Morgan fingerprint density at radius 2 is 2.18 bits per heavy atom. The molecule has 0 aromatic carbocycles. The maximum atomic E-state index is 5.96. The van der Waals surface area contributed by atoms with E-state index in [0.29, 0.717) is 5.92 Å². The highest BCUT2D eigenvalue weighted by atomic mass is 16.5. The Kier molecular flexibility index (Phi) is 6.05. The predicted molar refractivity (Wildman–Crippen MR) is 70.3 cm³/mol. The summed E-state index contributed by atoms with van der Waals surface area (Å²) in [5.74, 6) is 1.35. The van der Waals surface area contributed by atoms with Gasteiger partial charge < -0.3 is 10.1 Å². The van der Waals surface area contributed by atoms with E-state index in [4.69, 9.17) is 4.74 Å². The lowest BCUT2D eigenvalue weighted by molar-refractivity contribution is 0.149. The Morgan fingerprint density at radius 3 is 2.71 bits per heavy atom. The number of nitrogens with one attached hydrogen (secondary N) is 1. The van der Waals surface area contributed by atoms with Crippen LogP contribution in [-0.4, -0.2) is 29.0 Å². The van der Waals surface area contributed by atoms with Gasteiger partial charge in [-0.05, 0) is 25.8 Å². The minimum atomic E-state index is 0.205. The average Bonchev–Trinajstić information content (AvgIpc) is 2.75. The number of hydrogen-bond donors (Lipinski definition) is 1. The summed E-state index contributed by atoms with van der Waals surface area (Å²) in [6.45, 7) is 11.4. The van der Waals surface area contributed by atoms with Crippen molar-refractivity contribution in [3.05, 3.63) is 12.4 Å². The van der Waals surface area contributed by atoms with Crippen molar-refractivity contribution in [2.75, 3.05) is 13.1 Å². The van der Waals surface area contributed by atoms with Crippen LogP contribution in [0.25, 0.3) is 0 Å². The minimum Gasteiger partial charge on any atom is -0.486 e. The summed E-state index contributed by atoms with van der Waals surface area (Å²) < 4.78 is 7.84. The Balaban J connectivity index is 2.47. The lowest BCUT2D eigenvalue weighted by Gasteiger charge is -2.22. The molecule has 1 unspecified atom stereocenters. The van der Waals surface area contributed by atoms with Gasteiger partial charge in [0.25, 0.3) is 0 Å². The van der Waals surface area contributed by atoms with Crippen LogP contribution >= 0.6 is 0 Å². The molecule has 17 heavy (non-hydrogen) atoms. The summed E-state index contributed by atoms with van der Waals surface area (Å²) in [7, 11) is 0. The van der Waals surface area contributed by atoms with Gasteiger partial charge in [0.1, 0.15) is 6.10 Å². The first-order valence-electron chi connectivity index (χ1n) is 6.57. The fourth-order valence-corrected chi connectivity index (χ4v) is 1.59. The molecule has 1 aromatic heterocycles. The zero-order chi connectivity index (χ0) is 12.7. The van der Waals surface area contributed by atoms with Gasteiger partial charge in [-0.3, -0.25) is 4.68 Å². The number of hydrogen-bond acceptors (Lipinski definition) is 3. The second-order valence-electron chi connectivity index (χ2n) is 4.64. The van der Waals surface area contributed by atoms with Crippen LogP contribution in [0.1, 0.15) is 34.1 Å². The third-order valence-electron chi connectivity index (χ3n) is 2.74. The van der Waals surface area contributed by atoms with E-state index in [-0.39, 0.29) is 6.10 Å². The fourth-order valence-electron chi connectivity index (χ4n) is 1.59. The van der Waals surface area contributed by atoms with E-state index in [1.54, 1.807) is 6.20 Å². The lowest BCUT2D eigenvalue weighted by atomic mass is 10.1. The van der Waals surface area contributed by atoms with Gasteiger partial charge in [0.05, 0.1) is 12.4 Å². The van der Waals surface area contributed by atoms with Gasteiger partial charge >= 0.3 is 0 Å². The van der Waals surface area contributed by atoms with Gasteiger partial charge in [-0.1, -0.05) is 20.8 Å². The molecule has 0 saturated heterocycles. The average molecular weight is 239 g/mol. The first kappa shape index (κ1) is 14.0. The van der Waals surface area contributed by atoms with Gasteiger partial charge in [-0.15, -0.1) is 0 Å². The van der Waals surface area contributed by atoms with Crippen LogP contribution in [0.2, 0.25) is 0 Å². The van der Waals surface area contributed by atoms with Crippen molar-refractivity contribution >= 4 is 0 Å². The summed E-state index contributed by atoms with van der Waals surface area (Å²) in [6.07, 6.45) is 5.10. The Bertz CT molecular complexity index is 309. The maximum Gasteiger partial charge on any atom is 0.157 e. The van der Waals surface area contributed by atoms with Gasteiger partial charge in [0.2, 0.25) is 0 Å². The molecule has 1 aromatic rings. The molecule has 0 amide bonds. The van der Waals surface area contributed by atoms with Gasteiger partial charge in [0, 0.05) is 13.1 Å². The summed E-state index contributed by atoms with van der Waals surface area (Å²) in [5, 5.41) is 7.62. The van der Waals surface area contributed by atoms with Crippen LogP contribution in [0.5, 0.6) is 5.75 Å². The molecular weight excluding hydrogens is 214 g/mol. The third kappa shape index (κ3) is 4.77. The van der Waals surface area contributed by atoms with E-state index in [9.17, 15) is 0 Å². The molecular formula is C13H25N3O. The molecule has 4 heteroatoms. The molecule has 98 valence electrons. The first-order valence-corrected chi connectivity index (χ1v) is 6.57. The van der Waals surface area contributed by atoms with Crippen molar-refractivity contribution in [3.63, 3.8) is 0 Å². The van der Waals surface area contributed by atoms with Gasteiger partial charge in [-0.2, -0.15) is 5.10 Å². The van der Waals surface area contributed by atoms with Crippen LogP contribution in [0.4, 0.5) is 0 Å². The molecule has 0 bridgehead atoms. The molecule has 0 aliphatic carbocycles. The normalized spacial score (nSPS) is 13.0. The van der Waals surface area contributed by atoms with Gasteiger partial charge in [0.15, 0.2) is 5.75 Å². The number of aryl methyl sites for hydroxylation is 1. The highest BCUT2D eigenvalue weighted by Gasteiger charge is 2.15. The molecule has 0 radical (unpaired) electrons. The van der Waals surface area contributed by atoms with E-state index < -0.39 is 0 Å². The fraction of sp³-hybridized carbons (Fsp3) is 0.769. The smallest absolute Gasteiger partial charge is 0.157 e. The zero-order valence-corrected chi connectivity index (χ0v) is 11.4. The first-order chi connectivity index (χ1) is 8.17. The van der Waals surface area contributed by atoms with Crippen LogP contribution in [0.15, 0.2) is 12.4 Å². The van der Waals surface area contributed by atoms with Gasteiger partial charge in [-0.25, -0.2) is 0 Å². The molecule has 0 aliphatic heterocycles. The standard InChI is InChI=1S/C13H25N3O/c1-5-7-14-9-13(11(3)4)17-12-8-15-16(6-2)10-12/h8,10-11,13-14H,5-7,9H2,1-4H3. The van der Waals surface area contributed by atoms with Crippen LogP contribution < -0.4 is 10.1 Å². The topological polar surface area (TPSA) is 39.1 Å². The summed E-state index contributed by atoms with van der Waals surface area (Å²) in [4.78, 5) is 0. The van der Waals surface area contributed by atoms with Crippen molar-refractivity contribution in [3.8, 4) is 5.75 Å². The SMILES string of the molecule is CCCNCC(Oc1cnn(CC)c1)C(C)C. The van der Waals surface area contributed by atoms with Crippen molar-refractivity contribution < 1.29 is 4.74 Å². The van der Waals surface area contributed by atoms with E-state index in [1.165, 1.54) is 0 Å². The van der Waals surface area contributed by atoms with Crippen molar-refractivity contribution in [2.45, 2.75) is 46.8 Å². The van der Waals surface area contributed by atoms with E-state index in [0.717, 1.165) is 31.8 Å². The van der Waals surface area contributed by atoms with Crippen molar-refractivity contribution in [1.82, 2.24) is 15.1 Å². The van der Waals surface area contributed by atoms with Crippen molar-refractivity contribution in [2.24, 2.45) is 5.92 Å². The molecule has 1 rings (SSSR count). The van der Waals surface area contributed by atoms with E-state index >= 15 is 0 Å². The van der Waals surface area contributed by atoms with E-state index in [2.05, 4.69) is 38.1 Å². The zero-order valence-electron chi connectivity index (χ0n) is 11.4. The maximum absolute atomic E-state index is 5.96. The Morgan fingerprint density at radius 1 is 1.41 bits per heavy atom. The largest absolute Gasteiger partial charge is 0.486 e. The highest BCUT2D eigenvalue weighted by molar-refractivity contribution is 5.12. The molecule has 0 saturated carbocycles. The molecule has 4 nitrogen and oxygen atoms in total. The molecule has 0 aliphatic rings. The van der Waals surface area contributed by atoms with Crippen LogP contribution in [0, 0.1) is 5.92 Å². The summed E-state index contributed by atoms with van der Waals surface area (Å²) >= 11 is 0. The van der Waals surface area contributed by atoms with Crippen LogP contribution in [0.3, 0.4) is 0 Å². The number of ether oxygens (including phenoxy) is 1. The molecule has 0 spiro atoms. The number of rotatable bonds is 8. The predicted octanol–water partition coefficient (Wildman–Crippen LogP) is 2.31. The molecule has 0 fully saturated rings. The molecule has 1 heterocycles. The van der Waals surface area contributed by atoms with Crippen molar-refractivity contribution in [1.29, 1.82) is 0 Å². The summed E-state index contributed by atoms with van der Waals surface area (Å²) in [6, 6.07) is 0. The number of nitrogens with zero attached hydrogens (tertiary/aromatic N) is 2. The van der Waals surface area contributed by atoms with E-state index in [1.807, 2.05) is 10.9 Å². The summed E-state index contributed by atoms with van der Waals surface area (Å²) in [5.41, 5.74) is 0. The van der Waals surface area contributed by atoms with Crippen LogP contribution in [-0.2, 0) is 6.54 Å². The monoisotopic (exact) mass is 239 g/mol. The minimum absolute atomic E-state index is 0.205. The molecule has 1 atom stereocenters. The Labute approximate surface area is 104 Å². The second-order valence-corrected chi connectivity index (χ2v) is 4.64. The number of aromatic nitrogens is 2. The lowest BCUT2D eigenvalue weighted by Crippen LogP contribution is -2.35. The second kappa shape index (κ2) is 7.33. The quantitative estimate of drug-likeness (QED) is 0.708. The highest BCUT2D eigenvalue weighted by Crippen LogP contribution is 2.14. The Hall–Kier alpha value is -1.03. The third-order valence-corrected chi connectivity index (χ3v) is 2.74.